The van der Waals surface area contributed by atoms with Crippen molar-refractivity contribution >= 4 is 15.9 Å². The van der Waals surface area contributed by atoms with E-state index in [2.05, 4.69) is 0 Å². The molecular weight excluding hydrogens is 273 g/mol. The van der Waals surface area contributed by atoms with Crippen LogP contribution in [0.15, 0.2) is 18.2 Å². The number of phenolic OH excluding ortho intramolecular Hbond substituents is 1. The summed E-state index contributed by atoms with van der Waals surface area (Å²) in [6.45, 7) is 0. The number of hydrogen-bond donors (Lipinski definition) is 2. The predicted octanol–water partition coefficient (Wildman–Crippen LogP) is 1.63. The van der Waals surface area contributed by atoms with E-state index in [-0.39, 0.29) is 0 Å². The van der Waals surface area contributed by atoms with Crippen LogP contribution in [0.1, 0.15) is 5.56 Å². The molecule has 5 nitrogen and oxygen atoms in total. The summed E-state index contributed by atoms with van der Waals surface area (Å²) in [5.41, 5.74) is -1.59. The first-order valence-corrected chi connectivity index (χ1v) is 6.08. The lowest BCUT2D eigenvalue weighted by Crippen LogP contribution is -2.29. The van der Waals surface area contributed by atoms with Crippen LogP contribution in [0.5, 0.6) is 5.75 Å². The Kier molecular flexibility index (Phi) is 3.77. The van der Waals surface area contributed by atoms with Crippen molar-refractivity contribution in [3.8, 4) is 5.75 Å². The van der Waals surface area contributed by atoms with E-state index in [9.17, 15) is 26.7 Å². The van der Waals surface area contributed by atoms with E-state index in [1.807, 2.05) is 4.72 Å². The smallest absolute Gasteiger partial charge is 0.416 e. The lowest BCUT2D eigenvalue weighted by Gasteiger charge is -2.15. The number of nitrogens with one attached hydrogen (secondary N) is 1. The van der Waals surface area contributed by atoms with Gasteiger partial charge in [0, 0.05) is 14.1 Å². The molecule has 0 aromatic heterocycles. The normalized spacial score (nSPS) is 12.8. The van der Waals surface area contributed by atoms with Gasteiger partial charge in [0.15, 0.2) is 0 Å². The fraction of sp³-hybridized carbons (Fsp3) is 0.333. The highest BCUT2D eigenvalue weighted by molar-refractivity contribution is 7.90. The van der Waals surface area contributed by atoms with E-state index in [0.717, 1.165) is 10.4 Å². The fourth-order valence-electron chi connectivity index (χ4n) is 1.02. The maximum atomic E-state index is 12.4. The summed E-state index contributed by atoms with van der Waals surface area (Å²) in [7, 11) is -1.58. The molecule has 0 saturated carbocycles. The van der Waals surface area contributed by atoms with Gasteiger partial charge in [-0.15, -0.1) is 0 Å². The first kappa shape index (κ1) is 14.6. The van der Waals surface area contributed by atoms with Crippen LogP contribution >= 0.6 is 0 Å². The minimum Gasteiger partial charge on any atom is -0.506 e. The zero-order valence-corrected chi connectivity index (χ0v) is 10.3. The third kappa shape index (κ3) is 3.26. The highest BCUT2D eigenvalue weighted by atomic mass is 32.2. The van der Waals surface area contributed by atoms with Gasteiger partial charge in [0.2, 0.25) is 0 Å². The van der Waals surface area contributed by atoms with Crippen LogP contribution in [0.4, 0.5) is 18.9 Å². The summed E-state index contributed by atoms with van der Waals surface area (Å²) in [6.07, 6.45) is -4.62. The molecular formula is C9H11F3N2O3S. The van der Waals surface area contributed by atoms with Crippen LogP contribution in [-0.4, -0.2) is 31.9 Å². The van der Waals surface area contributed by atoms with Gasteiger partial charge < -0.3 is 5.11 Å². The number of halogens is 3. The number of rotatable bonds is 3. The lowest BCUT2D eigenvalue weighted by atomic mass is 10.2. The number of hydrogen-bond acceptors (Lipinski definition) is 3. The molecule has 0 heterocycles. The summed E-state index contributed by atoms with van der Waals surface area (Å²) in [4.78, 5) is 0. The van der Waals surface area contributed by atoms with E-state index in [1.54, 1.807) is 0 Å². The molecule has 0 aliphatic carbocycles. The van der Waals surface area contributed by atoms with Gasteiger partial charge in [-0.3, -0.25) is 4.72 Å². The Labute approximate surface area is 102 Å². The number of alkyl halides is 3. The molecule has 102 valence electrons. The van der Waals surface area contributed by atoms with Crippen molar-refractivity contribution in [3.05, 3.63) is 23.8 Å². The van der Waals surface area contributed by atoms with Crippen molar-refractivity contribution in [2.75, 3.05) is 18.8 Å². The van der Waals surface area contributed by atoms with Crippen LogP contribution in [0.25, 0.3) is 0 Å². The number of nitrogens with zero attached hydrogens (tertiary/aromatic N) is 1. The maximum Gasteiger partial charge on any atom is 0.416 e. The minimum absolute atomic E-state index is 0.524. The maximum absolute atomic E-state index is 12.4. The van der Waals surface area contributed by atoms with Gasteiger partial charge in [-0.1, -0.05) is 0 Å². The molecule has 0 radical (unpaired) electrons. The van der Waals surface area contributed by atoms with Crippen LogP contribution in [-0.2, 0) is 16.4 Å². The topological polar surface area (TPSA) is 69.6 Å². The molecule has 1 aromatic rings. The van der Waals surface area contributed by atoms with Crippen molar-refractivity contribution in [2.24, 2.45) is 0 Å². The van der Waals surface area contributed by atoms with Gasteiger partial charge in [-0.05, 0) is 18.2 Å². The molecule has 0 bridgehead atoms. The highest BCUT2D eigenvalue weighted by Gasteiger charge is 2.31. The summed E-state index contributed by atoms with van der Waals surface area (Å²) >= 11 is 0. The quantitative estimate of drug-likeness (QED) is 0.829. The second-order valence-corrected chi connectivity index (χ2v) is 5.50. The Hall–Kier alpha value is -1.48. The Bertz CT molecular complexity index is 540. The van der Waals surface area contributed by atoms with Gasteiger partial charge in [0.1, 0.15) is 5.75 Å². The molecule has 0 spiro atoms. The number of aromatic hydroxyl groups is 1. The fourth-order valence-corrected chi connectivity index (χ4v) is 1.65. The molecule has 18 heavy (non-hydrogen) atoms. The van der Waals surface area contributed by atoms with Crippen LogP contribution in [0.3, 0.4) is 0 Å². The van der Waals surface area contributed by atoms with Crippen molar-refractivity contribution < 1.29 is 26.7 Å². The Balaban J connectivity index is 3.18. The molecule has 1 aromatic carbocycles. The lowest BCUT2D eigenvalue weighted by molar-refractivity contribution is -0.137. The first-order chi connectivity index (χ1) is 8.04. The van der Waals surface area contributed by atoms with E-state index in [0.29, 0.717) is 12.1 Å². The van der Waals surface area contributed by atoms with Gasteiger partial charge in [-0.25, -0.2) is 0 Å². The monoisotopic (exact) mass is 284 g/mol. The molecule has 0 amide bonds. The second kappa shape index (κ2) is 4.65. The van der Waals surface area contributed by atoms with Crippen LogP contribution in [0.2, 0.25) is 0 Å². The average Bonchev–Trinajstić information content (AvgIpc) is 2.19. The molecule has 2 N–H and O–H groups in total. The van der Waals surface area contributed by atoms with Gasteiger partial charge in [-0.2, -0.15) is 25.9 Å². The zero-order valence-electron chi connectivity index (χ0n) is 9.49. The summed E-state index contributed by atoms with van der Waals surface area (Å²) < 4.78 is 62.8. The molecule has 0 saturated heterocycles. The average molecular weight is 284 g/mol. The Morgan fingerprint density at radius 2 is 1.83 bits per heavy atom. The molecule has 1 rings (SSSR count). The zero-order chi connectivity index (χ0) is 14.1. The second-order valence-electron chi connectivity index (χ2n) is 3.62. The SMILES string of the molecule is CN(C)S(=O)(=O)Nc1cc(C(F)(F)F)ccc1O. The Morgan fingerprint density at radius 1 is 1.28 bits per heavy atom. The largest absolute Gasteiger partial charge is 0.506 e. The van der Waals surface area contributed by atoms with Crippen molar-refractivity contribution in [1.82, 2.24) is 4.31 Å². The molecule has 0 unspecified atom stereocenters. The van der Waals surface area contributed by atoms with E-state index >= 15 is 0 Å². The van der Waals surface area contributed by atoms with Gasteiger partial charge in [0.05, 0.1) is 11.3 Å². The van der Waals surface area contributed by atoms with Crippen molar-refractivity contribution in [2.45, 2.75) is 6.18 Å². The number of benzene rings is 1. The number of anilines is 1. The summed E-state index contributed by atoms with van der Waals surface area (Å²) in [5.74, 6) is -0.589. The summed E-state index contributed by atoms with van der Waals surface area (Å²) in [6, 6.07) is 1.95. The van der Waals surface area contributed by atoms with E-state index < -0.39 is 33.4 Å². The first-order valence-electron chi connectivity index (χ1n) is 4.64. The Morgan fingerprint density at radius 3 is 2.28 bits per heavy atom. The van der Waals surface area contributed by atoms with Crippen molar-refractivity contribution in [3.63, 3.8) is 0 Å². The minimum atomic E-state index is -4.62. The van der Waals surface area contributed by atoms with E-state index in [1.165, 1.54) is 14.1 Å². The molecule has 0 aliphatic rings. The predicted molar refractivity (Wildman–Crippen MR) is 59.3 cm³/mol. The van der Waals surface area contributed by atoms with Crippen LogP contribution in [0, 0.1) is 0 Å². The van der Waals surface area contributed by atoms with Gasteiger partial charge in [0.25, 0.3) is 0 Å². The molecule has 0 atom stereocenters. The van der Waals surface area contributed by atoms with E-state index in [4.69, 9.17) is 0 Å². The van der Waals surface area contributed by atoms with Crippen LogP contribution < -0.4 is 4.72 Å². The molecule has 0 fully saturated rings. The summed E-state index contributed by atoms with van der Waals surface area (Å²) in [5, 5.41) is 9.33. The standard InChI is InChI=1S/C9H11F3N2O3S/c1-14(2)18(16,17)13-7-5-6(9(10,11)12)3-4-8(7)15/h3-5,13,15H,1-2H3. The van der Waals surface area contributed by atoms with Crippen molar-refractivity contribution in [1.29, 1.82) is 0 Å². The third-order valence-corrected chi connectivity index (χ3v) is 3.48. The number of phenols is 1. The molecule has 0 aliphatic heterocycles. The third-order valence-electron chi connectivity index (χ3n) is 2.04. The highest BCUT2D eigenvalue weighted by Crippen LogP contribution is 2.34. The molecule has 9 heteroatoms. The van der Waals surface area contributed by atoms with Gasteiger partial charge >= 0.3 is 16.4 Å².